The molecule has 0 bridgehead atoms. The fraction of sp³-hybridized carbons (Fsp3) is 0.412. The summed E-state index contributed by atoms with van der Waals surface area (Å²) in [5, 5.41) is 4.22. The molecule has 0 atom stereocenters. The van der Waals surface area contributed by atoms with Gasteiger partial charge in [0.1, 0.15) is 5.75 Å². The van der Waals surface area contributed by atoms with Gasteiger partial charge in [-0.1, -0.05) is 0 Å². The summed E-state index contributed by atoms with van der Waals surface area (Å²) in [7, 11) is 1.63. The highest BCUT2D eigenvalue weighted by molar-refractivity contribution is 6.07. The molecule has 1 aromatic carbocycles. The van der Waals surface area contributed by atoms with E-state index in [9.17, 15) is 4.79 Å². The number of carbonyl (C=O) groups is 1. The van der Waals surface area contributed by atoms with Crippen LogP contribution in [0.4, 0.5) is 0 Å². The molecule has 2 heterocycles. The summed E-state index contributed by atoms with van der Waals surface area (Å²) >= 11 is 0. The first-order valence-electron chi connectivity index (χ1n) is 7.44. The van der Waals surface area contributed by atoms with Crippen LogP contribution in [0.25, 0.3) is 10.9 Å². The van der Waals surface area contributed by atoms with Gasteiger partial charge in [0, 0.05) is 23.6 Å². The maximum atomic E-state index is 12.6. The van der Waals surface area contributed by atoms with Crippen LogP contribution in [0.15, 0.2) is 30.5 Å². The van der Waals surface area contributed by atoms with Crippen molar-refractivity contribution in [3.8, 4) is 5.75 Å². The molecule has 1 aliphatic heterocycles. The number of methoxy groups -OCH3 is 1. The summed E-state index contributed by atoms with van der Waals surface area (Å²) in [6.45, 7) is 2.03. The molecule has 4 nitrogen and oxygen atoms in total. The van der Waals surface area contributed by atoms with Crippen molar-refractivity contribution in [1.29, 1.82) is 0 Å². The second kappa shape index (κ2) is 6.22. The first kappa shape index (κ1) is 14.0. The van der Waals surface area contributed by atoms with E-state index in [0.29, 0.717) is 12.3 Å². The third-order valence-electron chi connectivity index (χ3n) is 4.18. The molecule has 0 aliphatic carbocycles. The van der Waals surface area contributed by atoms with Crippen LogP contribution in [0.3, 0.4) is 0 Å². The molecule has 0 radical (unpaired) electrons. The average Bonchev–Trinajstić information content (AvgIpc) is 2.54. The van der Waals surface area contributed by atoms with Crippen molar-refractivity contribution >= 4 is 16.7 Å². The molecule has 4 heteroatoms. The Kier molecular flexibility index (Phi) is 4.15. The van der Waals surface area contributed by atoms with Crippen LogP contribution in [0.1, 0.15) is 29.6 Å². The largest absolute Gasteiger partial charge is 0.497 e. The SMILES string of the molecule is COc1ccc2nccc(C(=O)CC3CCNCC3)c2c1. The van der Waals surface area contributed by atoms with Gasteiger partial charge in [0.05, 0.1) is 12.6 Å². The number of ether oxygens (including phenoxy) is 1. The fourth-order valence-corrected chi connectivity index (χ4v) is 2.95. The lowest BCUT2D eigenvalue weighted by molar-refractivity contribution is 0.0954. The van der Waals surface area contributed by atoms with Crippen molar-refractivity contribution in [3.63, 3.8) is 0 Å². The van der Waals surface area contributed by atoms with Gasteiger partial charge >= 0.3 is 0 Å². The highest BCUT2D eigenvalue weighted by Gasteiger charge is 2.19. The summed E-state index contributed by atoms with van der Waals surface area (Å²) in [6, 6.07) is 7.50. The van der Waals surface area contributed by atoms with Crippen LogP contribution < -0.4 is 10.1 Å². The topological polar surface area (TPSA) is 51.2 Å². The summed E-state index contributed by atoms with van der Waals surface area (Å²) in [4.78, 5) is 17.0. The number of Topliss-reactive ketones (excluding diaryl/α,β-unsaturated/α-hetero) is 1. The molecule has 21 heavy (non-hydrogen) atoms. The molecular formula is C17H20N2O2. The Balaban J connectivity index is 1.89. The number of aromatic nitrogens is 1. The number of rotatable bonds is 4. The van der Waals surface area contributed by atoms with E-state index in [4.69, 9.17) is 4.74 Å². The van der Waals surface area contributed by atoms with E-state index in [1.807, 2.05) is 24.3 Å². The number of piperidine rings is 1. The summed E-state index contributed by atoms with van der Waals surface area (Å²) < 4.78 is 5.26. The van der Waals surface area contributed by atoms with Gasteiger partial charge < -0.3 is 10.1 Å². The van der Waals surface area contributed by atoms with E-state index < -0.39 is 0 Å². The van der Waals surface area contributed by atoms with Crippen LogP contribution in [0.2, 0.25) is 0 Å². The highest BCUT2D eigenvalue weighted by Crippen LogP contribution is 2.25. The lowest BCUT2D eigenvalue weighted by Gasteiger charge is -2.22. The van der Waals surface area contributed by atoms with Crippen molar-refractivity contribution in [3.05, 3.63) is 36.0 Å². The zero-order chi connectivity index (χ0) is 14.7. The number of pyridine rings is 1. The molecule has 0 spiro atoms. The molecule has 1 N–H and O–H groups in total. The third-order valence-corrected chi connectivity index (χ3v) is 4.18. The number of carbonyl (C=O) groups excluding carboxylic acids is 1. The second-order valence-corrected chi connectivity index (χ2v) is 5.56. The van der Waals surface area contributed by atoms with Crippen molar-refractivity contribution in [1.82, 2.24) is 10.3 Å². The lowest BCUT2D eigenvalue weighted by Crippen LogP contribution is -2.28. The maximum absolute atomic E-state index is 12.6. The Morgan fingerprint density at radius 3 is 2.90 bits per heavy atom. The van der Waals surface area contributed by atoms with Crippen molar-refractivity contribution in [2.24, 2.45) is 5.92 Å². The molecule has 3 rings (SSSR count). The normalized spacial score (nSPS) is 16.0. The number of hydrogen-bond donors (Lipinski definition) is 1. The monoisotopic (exact) mass is 284 g/mol. The zero-order valence-corrected chi connectivity index (χ0v) is 12.3. The Bertz CT molecular complexity index is 648. The molecule has 0 unspecified atom stereocenters. The number of ketones is 1. The first-order chi connectivity index (χ1) is 10.3. The van der Waals surface area contributed by atoms with Gasteiger partial charge in [0.15, 0.2) is 5.78 Å². The standard InChI is InChI=1S/C17H20N2O2/c1-21-13-2-3-16-15(11-13)14(6-9-19-16)17(20)10-12-4-7-18-8-5-12/h2-3,6,9,11-12,18H,4-5,7-8,10H2,1H3. The van der Waals surface area contributed by atoms with Crippen molar-refractivity contribution < 1.29 is 9.53 Å². The Hall–Kier alpha value is -1.94. The maximum Gasteiger partial charge on any atom is 0.163 e. The number of nitrogens with one attached hydrogen (secondary N) is 1. The lowest BCUT2D eigenvalue weighted by atomic mass is 9.90. The number of nitrogens with zero attached hydrogens (tertiary/aromatic N) is 1. The second-order valence-electron chi connectivity index (χ2n) is 5.56. The minimum Gasteiger partial charge on any atom is -0.497 e. The zero-order valence-electron chi connectivity index (χ0n) is 12.3. The highest BCUT2D eigenvalue weighted by atomic mass is 16.5. The van der Waals surface area contributed by atoms with Gasteiger partial charge in [-0.05, 0) is 56.1 Å². The molecule has 110 valence electrons. The van der Waals surface area contributed by atoms with E-state index in [1.165, 1.54) is 0 Å². The fourth-order valence-electron chi connectivity index (χ4n) is 2.95. The first-order valence-corrected chi connectivity index (χ1v) is 7.44. The third kappa shape index (κ3) is 3.05. The van der Waals surface area contributed by atoms with Gasteiger partial charge in [0.25, 0.3) is 0 Å². The van der Waals surface area contributed by atoms with Gasteiger partial charge in [-0.15, -0.1) is 0 Å². The smallest absolute Gasteiger partial charge is 0.163 e. The summed E-state index contributed by atoms with van der Waals surface area (Å²) in [6.07, 6.45) is 4.50. The number of fused-ring (bicyclic) bond motifs is 1. The molecule has 2 aromatic rings. The van der Waals surface area contributed by atoms with E-state index >= 15 is 0 Å². The van der Waals surface area contributed by atoms with Crippen LogP contribution >= 0.6 is 0 Å². The van der Waals surface area contributed by atoms with Crippen LogP contribution in [0, 0.1) is 5.92 Å². The van der Waals surface area contributed by atoms with E-state index in [-0.39, 0.29) is 5.78 Å². The van der Waals surface area contributed by atoms with Crippen LogP contribution in [0.5, 0.6) is 5.75 Å². The predicted molar refractivity (Wildman–Crippen MR) is 82.8 cm³/mol. The molecule has 0 saturated carbocycles. The Labute approximate surface area is 124 Å². The summed E-state index contributed by atoms with van der Waals surface area (Å²) in [5.74, 6) is 1.46. The molecule has 1 aliphatic rings. The Morgan fingerprint density at radius 2 is 2.14 bits per heavy atom. The quantitative estimate of drug-likeness (QED) is 0.877. The molecular weight excluding hydrogens is 264 g/mol. The molecule has 1 fully saturated rings. The minimum absolute atomic E-state index is 0.211. The van der Waals surface area contributed by atoms with E-state index in [0.717, 1.165) is 48.1 Å². The van der Waals surface area contributed by atoms with Gasteiger partial charge in [-0.25, -0.2) is 0 Å². The number of hydrogen-bond acceptors (Lipinski definition) is 4. The van der Waals surface area contributed by atoms with Crippen molar-refractivity contribution in [2.45, 2.75) is 19.3 Å². The molecule has 0 amide bonds. The predicted octanol–water partition coefficient (Wildman–Crippen LogP) is 2.82. The Morgan fingerprint density at radius 1 is 1.33 bits per heavy atom. The molecule has 1 saturated heterocycles. The van der Waals surface area contributed by atoms with Crippen LogP contribution in [-0.4, -0.2) is 31.0 Å². The number of benzene rings is 1. The van der Waals surface area contributed by atoms with Crippen LogP contribution in [-0.2, 0) is 0 Å². The summed E-state index contributed by atoms with van der Waals surface area (Å²) in [5.41, 5.74) is 1.60. The van der Waals surface area contributed by atoms with Gasteiger partial charge in [0.2, 0.25) is 0 Å². The van der Waals surface area contributed by atoms with E-state index in [1.54, 1.807) is 13.3 Å². The minimum atomic E-state index is 0.211. The van der Waals surface area contributed by atoms with Crippen molar-refractivity contribution in [2.75, 3.05) is 20.2 Å². The van der Waals surface area contributed by atoms with Gasteiger partial charge in [-0.3, -0.25) is 9.78 Å². The van der Waals surface area contributed by atoms with E-state index in [2.05, 4.69) is 10.3 Å². The average molecular weight is 284 g/mol. The molecule has 1 aromatic heterocycles. The van der Waals surface area contributed by atoms with Gasteiger partial charge in [-0.2, -0.15) is 0 Å².